The Balaban J connectivity index is 2.57. The van der Waals surface area contributed by atoms with Gasteiger partial charge in [-0.05, 0) is 24.3 Å². The van der Waals surface area contributed by atoms with Gasteiger partial charge in [-0.25, -0.2) is 0 Å². The van der Waals surface area contributed by atoms with Gasteiger partial charge in [0, 0.05) is 16.9 Å². The molecule has 3 nitrogen and oxygen atoms in total. The Hall–Kier alpha value is -1.03. The van der Waals surface area contributed by atoms with Crippen molar-refractivity contribution < 1.29 is 9.90 Å². The lowest BCUT2D eigenvalue weighted by molar-refractivity contribution is 0.0954. The van der Waals surface area contributed by atoms with Crippen molar-refractivity contribution in [3.05, 3.63) is 29.8 Å². The Morgan fingerprint density at radius 2 is 2.07 bits per heavy atom. The molecule has 0 aromatic heterocycles. The summed E-state index contributed by atoms with van der Waals surface area (Å²) < 4.78 is 0. The molecule has 1 unspecified atom stereocenters. The molecule has 1 aromatic rings. The molecule has 1 aromatic carbocycles. The number of carbonyl (C=O) groups is 1. The predicted octanol–water partition coefficient (Wildman–Crippen LogP) is 1.91. The molecule has 1 amide bonds. The van der Waals surface area contributed by atoms with Crippen molar-refractivity contribution >= 4 is 21.8 Å². The minimum absolute atomic E-state index is 0.128. The molecule has 0 aliphatic heterocycles. The van der Waals surface area contributed by atoms with Crippen LogP contribution in [0.25, 0.3) is 0 Å². The summed E-state index contributed by atoms with van der Waals surface area (Å²) in [6, 6.07) is 6.16. The monoisotopic (exact) mass is 257 g/mol. The zero-order chi connectivity index (χ0) is 10.6. The fraction of sp³-hybridized carbons (Fsp3) is 0.300. The minimum atomic E-state index is -0.128. The van der Waals surface area contributed by atoms with Crippen LogP contribution in [0.15, 0.2) is 24.3 Å². The van der Waals surface area contributed by atoms with Crippen LogP contribution in [0.4, 0.5) is 0 Å². The second-order valence-corrected chi connectivity index (χ2v) is 4.60. The van der Waals surface area contributed by atoms with E-state index in [1.165, 1.54) is 12.1 Å². The van der Waals surface area contributed by atoms with E-state index in [-0.39, 0.29) is 16.5 Å². The van der Waals surface area contributed by atoms with Gasteiger partial charge in [0.2, 0.25) is 0 Å². The number of benzene rings is 1. The van der Waals surface area contributed by atoms with E-state index in [1.807, 2.05) is 6.92 Å². The zero-order valence-electron chi connectivity index (χ0n) is 7.83. The summed E-state index contributed by atoms with van der Waals surface area (Å²) in [7, 11) is 0. The molecule has 2 N–H and O–H groups in total. The summed E-state index contributed by atoms with van der Waals surface area (Å²) in [6.07, 6.45) is 0. The van der Waals surface area contributed by atoms with E-state index in [1.54, 1.807) is 12.1 Å². The second kappa shape index (κ2) is 5.00. The van der Waals surface area contributed by atoms with Gasteiger partial charge in [-0.1, -0.05) is 22.9 Å². The largest absolute Gasteiger partial charge is 0.508 e. The first-order chi connectivity index (χ1) is 6.59. The maximum absolute atomic E-state index is 11.4. The smallest absolute Gasteiger partial charge is 0.251 e. The SMILES string of the molecule is CC(Br)CNC(=O)c1ccc(O)cc1. The van der Waals surface area contributed by atoms with E-state index in [9.17, 15) is 4.79 Å². The highest BCUT2D eigenvalue weighted by Crippen LogP contribution is 2.09. The molecule has 0 saturated carbocycles. The van der Waals surface area contributed by atoms with Crippen molar-refractivity contribution in [2.24, 2.45) is 0 Å². The lowest BCUT2D eigenvalue weighted by Crippen LogP contribution is -2.28. The van der Waals surface area contributed by atoms with Gasteiger partial charge >= 0.3 is 0 Å². The van der Waals surface area contributed by atoms with E-state index in [0.717, 1.165) is 0 Å². The molecule has 0 spiro atoms. The highest BCUT2D eigenvalue weighted by molar-refractivity contribution is 9.09. The minimum Gasteiger partial charge on any atom is -0.508 e. The van der Waals surface area contributed by atoms with Gasteiger partial charge in [0.25, 0.3) is 5.91 Å². The van der Waals surface area contributed by atoms with E-state index in [2.05, 4.69) is 21.2 Å². The molecule has 76 valence electrons. The van der Waals surface area contributed by atoms with Crippen molar-refractivity contribution in [1.29, 1.82) is 0 Å². The average Bonchev–Trinajstić information content (AvgIpc) is 2.15. The summed E-state index contributed by atoms with van der Waals surface area (Å²) in [5, 5.41) is 11.8. The van der Waals surface area contributed by atoms with Crippen LogP contribution in [-0.4, -0.2) is 22.4 Å². The number of phenols is 1. The van der Waals surface area contributed by atoms with Crippen molar-refractivity contribution in [1.82, 2.24) is 5.32 Å². The molecular formula is C10H12BrNO2. The molecule has 4 heteroatoms. The van der Waals surface area contributed by atoms with E-state index >= 15 is 0 Å². The summed E-state index contributed by atoms with van der Waals surface area (Å²) in [4.78, 5) is 11.7. The molecule has 0 saturated heterocycles. The van der Waals surface area contributed by atoms with Crippen LogP contribution < -0.4 is 5.32 Å². The van der Waals surface area contributed by atoms with Gasteiger partial charge in [0.1, 0.15) is 5.75 Å². The van der Waals surface area contributed by atoms with E-state index in [0.29, 0.717) is 12.1 Å². The topological polar surface area (TPSA) is 49.3 Å². The number of hydrogen-bond donors (Lipinski definition) is 2. The lowest BCUT2D eigenvalue weighted by Gasteiger charge is -2.06. The first-order valence-electron chi connectivity index (χ1n) is 4.31. The second-order valence-electron chi connectivity index (χ2n) is 3.04. The number of amides is 1. The number of halogens is 1. The van der Waals surface area contributed by atoms with E-state index < -0.39 is 0 Å². The van der Waals surface area contributed by atoms with Crippen LogP contribution in [0.1, 0.15) is 17.3 Å². The van der Waals surface area contributed by atoms with Crippen LogP contribution in [0.5, 0.6) is 5.75 Å². The third kappa shape index (κ3) is 3.38. The van der Waals surface area contributed by atoms with Gasteiger partial charge in [0.15, 0.2) is 0 Å². The Bertz CT molecular complexity index is 308. The first kappa shape index (κ1) is 11.0. The number of carbonyl (C=O) groups excluding carboxylic acids is 1. The Labute approximate surface area is 91.3 Å². The van der Waals surface area contributed by atoms with Gasteiger partial charge in [0.05, 0.1) is 0 Å². The fourth-order valence-corrected chi connectivity index (χ4v) is 1.11. The highest BCUT2D eigenvalue weighted by atomic mass is 79.9. The summed E-state index contributed by atoms with van der Waals surface area (Å²) in [5.74, 6) is 0.0340. The van der Waals surface area contributed by atoms with Crippen LogP contribution >= 0.6 is 15.9 Å². The molecule has 0 aliphatic carbocycles. The Morgan fingerprint density at radius 1 is 1.50 bits per heavy atom. The van der Waals surface area contributed by atoms with Crippen LogP contribution in [0.3, 0.4) is 0 Å². The number of rotatable bonds is 3. The van der Waals surface area contributed by atoms with Gasteiger partial charge in [-0.3, -0.25) is 4.79 Å². The molecule has 14 heavy (non-hydrogen) atoms. The number of nitrogens with one attached hydrogen (secondary N) is 1. The van der Waals surface area contributed by atoms with Crippen molar-refractivity contribution in [2.45, 2.75) is 11.8 Å². The van der Waals surface area contributed by atoms with Gasteiger partial charge < -0.3 is 10.4 Å². The van der Waals surface area contributed by atoms with Crippen LogP contribution in [0.2, 0.25) is 0 Å². The summed E-state index contributed by atoms with van der Waals surface area (Å²) >= 11 is 3.33. The lowest BCUT2D eigenvalue weighted by atomic mass is 10.2. The van der Waals surface area contributed by atoms with Crippen molar-refractivity contribution in [2.75, 3.05) is 6.54 Å². The normalized spacial score (nSPS) is 12.1. The van der Waals surface area contributed by atoms with Gasteiger partial charge in [-0.15, -0.1) is 0 Å². The molecule has 0 heterocycles. The summed E-state index contributed by atoms with van der Waals surface area (Å²) in [6.45, 7) is 2.54. The molecule has 0 bridgehead atoms. The molecular weight excluding hydrogens is 246 g/mol. The third-order valence-corrected chi connectivity index (χ3v) is 2.00. The molecule has 0 aliphatic rings. The fourth-order valence-electron chi connectivity index (χ4n) is 0.948. The maximum atomic E-state index is 11.4. The number of aromatic hydroxyl groups is 1. The van der Waals surface area contributed by atoms with Crippen LogP contribution in [-0.2, 0) is 0 Å². The number of hydrogen-bond acceptors (Lipinski definition) is 2. The molecule has 0 radical (unpaired) electrons. The standard InChI is InChI=1S/C10H12BrNO2/c1-7(11)6-12-10(14)8-2-4-9(13)5-3-8/h2-5,7,13H,6H2,1H3,(H,12,14). The number of phenolic OH excluding ortho intramolecular Hbond substituents is 1. The zero-order valence-corrected chi connectivity index (χ0v) is 9.41. The van der Waals surface area contributed by atoms with Crippen LogP contribution in [0, 0.1) is 0 Å². The Kier molecular flexibility index (Phi) is 3.95. The van der Waals surface area contributed by atoms with Crippen molar-refractivity contribution in [3.63, 3.8) is 0 Å². The average molecular weight is 258 g/mol. The van der Waals surface area contributed by atoms with E-state index in [4.69, 9.17) is 5.11 Å². The molecule has 1 rings (SSSR count). The van der Waals surface area contributed by atoms with Crippen molar-refractivity contribution in [3.8, 4) is 5.75 Å². The number of alkyl halides is 1. The third-order valence-electron chi connectivity index (χ3n) is 1.67. The summed E-state index contributed by atoms with van der Waals surface area (Å²) in [5.41, 5.74) is 0.552. The first-order valence-corrected chi connectivity index (χ1v) is 5.22. The quantitative estimate of drug-likeness (QED) is 0.813. The highest BCUT2D eigenvalue weighted by Gasteiger charge is 2.05. The Morgan fingerprint density at radius 3 is 2.57 bits per heavy atom. The van der Waals surface area contributed by atoms with Gasteiger partial charge in [-0.2, -0.15) is 0 Å². The molecule has 0 fully saturated rings. The maximum Gasteiger partial charge on any atom is 0.251 e. The molecule has 1 atom stereocenters. The predicted molar refractivity (Wildman–Crippen MR) is 58.8 cm³/mol.